The number of nitrogens with one attached hydrogen (secondary N) is 2. The number of rotatable bonds is 10. The van der Waals surface area contributed by atoms with E-state index in [1.54, 1.807) is 66.7 Å². The molecule has 0 radical (unpaired) electrons. The third-order valence-electron chi connectivity index (χ3n) is 4.56. The SMILES string of the molecule is COc1ccccc1NC(=O)COC(=O)c1ccccc1SCC(=O)Nc1ccccc1OC. The molecule has 3 rings (SSSR count). The first-order valence-electron chi connectivity index (χ1n) is 10.3. The Labute approximate surface area is 201 Å². The lowest BCUT2D eigenvalue weighted by Gasteiger charge is -2.12. The van der Waals surface area contributed by atoms with Crippen molar-refractivity contribution in [3.05, 3.63) is 78.4 Å². The maximum atomic E-state index is 12.6. The summed E-state index contributed by atoms with van der Waals surface area (Å²) in [6, 6.07) is 20.7. The number of carbonyl (C=O) groups excluding carboxylic acids is 3. The minimum Gasteiger partial charge on any atom is -0.495 e. The van der Waals surface area contributed by atoms with Crippen LogP contribution in [-0.2, 0) is 14.3 Å². The van der Waals surface area contributed by atoms with E-state index in [1.165, 1.54) is 26.0 Å². The number of methoxy groups -OCH3 is 2. The molecular weight excluding hydrogens is 456 g/mol. The average Bonchev–Trinajstić information content (AvgIpc) is 2.87. The van der Waals surface area contributed by atoms with Gasteiger partial charge in [0, 0.05) is 4.90 Å². The fourth-order valence-corrected chi connectivity index (χ4v) is 3.82. The van der Waals surface area contributed by atoms with Crippen molar-refractivity contribution in [2.45, 2.75) is 4.90 Å². The quantitative estimate of drug-likeness (QED) is 0.331. The molecule has 9 heteroatoms. The maximum Gasteiger partial charge on any atom is 0.339 e. The summed E-state index contributed by atoms with van der Waals surface area (Å²) in [5, 5.41) is 5.43. The number of para-hydroxylation sites is 4. The molecule has 34 heavy (non-hydrogen) atoms. The Bertz CT molecular complexity index is 1170. The highest BCUT2D eigenvalue weighted by Crippen LogP contribution is 2.26. The number of anilines is 2. The second kappa shape index (κ2) is 12.3. The van der Waals surface area contributed by atoms with Crippen LogP contribution in [0.1, 0.15) is 10.4 Å². The first-order chi connectivity index (χ1) is 16.5. The summed E-state index contributed by atoms with van der Waals surface area (Å²) >= 11 is 1.19. The molecule has 0 spiro atoms. The number of benzene rings is 3. The second-order valence-electron chi connectivity index (χ2n) is 6.86. The van der Waals surface area contributed by atoms with Crippen LogP contribution in [0.25, 0.3) is 0 Å². The van der Waals surface area contributed by atoms with E-state index >= 15 is 0 Å². The minimum atomic E-state index is -0.664. The highest BCUT2D eigenvalue weighted by molar-refractivity contribution is 8.00. The molecule has 0 aliphatic heterocycles. The number of esters is 1. The zero-order valence-electron chi connectivity index (χ0n) is 18.7. The summed E-state index contributed by atoms with van der Waals surface area (Å²) in [5.74, 6) is -0.306. The van der Waals surface area contributed by atoms with E-state index in [4.69, 9.17) is 14.2 Å². The molecule has 0 fully saturated rings. The molecule has 3 aromatic rings. The van der Waals surface area contributed by atoms with Crippen molar-refractivity contribution in [2.75, 3.05) is 37.2 Å². The fraction of sp³-hybridized carbons (Fsp3) is 0.160. The largest absolute Gasteiger partial charge is 0.495 e. The minimum absolute atomic E-state index is 0.0661. The molecule has 0 saturated carbocycles. The molecule has 0 saturated heterocycles. The molecule has 0 unspecified atom stereocenters. The van der Waals surface area contributed by atoms with Gasteiger partial charge in [0.15, 0.2) is 6.61 Å². The van der Waals surface area contributed by atoms with Gasteiger partial charge in [-0.05, 0) is 36.4 Å². The predicted octanol–water partition coefficient (Wildman–Crippen LogP) is 4.23. The number of amides is 2. The van der Waals surface area contributed by atoms with Crippen LogP contribution in [0.4, 0.5) is 11.4 Å². The number of hydrogen-bond acceptors (Lipinski definition) is 7. The Hall–Kier alpha value is -3.98. The topological polar surface area (TPSA) is 103 Å². The van der Waals surface area contributed by atoms with E-state index in [0.717, 1.165) is 0 Å². The van der Waals surface area contributed by atoms with Crippen molar-refractivity contribution in [1.82, 2.24) is 0 Å². The van der Waals surface area contributed by atoms with Gasteiger partial charge in [0.1, 0.15) is 11.5 Å². The lowest BCUT2D eigenvalue weighted by atomic mass is 10.2. The lowest BCUT2D eigenvalue weighted by molar-refractivity contribution is -0.119. The van der Waals surface area contributed by atoms with Gasteiger partial charge in [0.2, 0.25) is 5.91 Å². The van der Waals surface area contributed by atoms with E-state index in [2.05, 4.69) is 10.6 Å². The van der Waals surface area contributed by atoms with E-state index in [1.807, 2.05) is 6.07 Å². The number of ether oxygens (including phenoxy) is 3. The van der Waals surface area contributed by atoms with E-state index < -0.39 is 18.5 Å². The van der Waals surface area contributed by atoms with Crippen LogP contribution in [0.3, 0.4) is 0 Å². The zero-order chi connectivity index (χ0) is 24.3. The number of hydrogen-bond donors (Lipinski definition) is 2. The standard InChI is InChI=1S/C25H24N2O6S/c1-31-20-12-6-4-10-18(20)26-23(28)15-33-25(30)17-9-3-8-14-22(17)34-16-24(29)27-19-11-5-7-13-21(19)32-2/h3-14H,15-16H2,1-2H3,(H,26,28)(H,27,29). The van der Waals surface area contributed by atoms with Crippen LogP contribution in [0.2, 0.25) is 0 Å². The van der Waals surface area contributed by atoms with Gasteiger partial charge in [-0.25, -0.2) is 4.79 Å². The Balaban J connectivity index is 1.56. The molecule has 0 aromatic heterocycles. The smallest absolute Gasteiger partial charge is 0.339 e. The van der Waals surface area contributed by atoms with Gasteiger partial charge in [0.25, 0.3) is 5.91 Å². The normalized spacial score (nSPS) is 10.2. The number of thioether (sulfide) groups is 1. The fourth-order valence-electron chi connectivity index (χ4n) is 2.98. The summed E-state index contributed by atoms with van der Waals surface area (Å²) in [5.41, 5.74) is 1.30. The maximum absolute atomic E-state index is 12.6. The second-order valence-corrected chi connectivity index (χ2v) is 7.88. The third kappa shape index (κ3) is 6.76. The first-order valence-corrected chi connectivity index (χ1v) is 11.2. The molecule has 8 nitrogen and oxygen atoms in total. The summed E-state index contributed by atoms with van der Waals surface area (Å²) in [7, 11) is 3.02. The van der Waals surface area contributed by atoms with E-state index in [0.29, 0.717) is 27.8 Å². The van der Waals surface area contributed by atoms with Crippen molar-refractivity contribution >= 4 is 40.9 Å². The molecule has 3 aromatic carbocycles. The van der Waals surface area contributed by atoms with Crippen LogP contribution in [0, 0.1) is 0 Å². The van der Waals surface area contributed by atoms with Crippen molar-refractivity contribution in [3.63, 3.8) is 0 Å². The summed E-state index contributed by atoms with van der Waals surface area (Å²) in [6.45, 7) is -0.468. The Morgan fingerprint density at radius 1 is 0.735 bits per heavy atom. The van der Waals surface area contributed by atoms with Gasteiger partial charge in [0.05, 0.1) is 36.9 Å². The summed E-state index contributed by atoms with van der Waals surface area (Å²) < 4.78 is 15.6. The highest BCUT2D eigenvalue weighted by atomic mass is 32.2. The predicted molar refractivity (Wildman–Crippen MR) is 131 cm³/mol. The van der Waals surface area contributed by atoms with Crippen molar-refractivity contribution in [1.29, 1.82) is 0 Å². The van der Waals surface area contributed by atoms with Crippen LogP contribution in [0.15, 0.2) is 77.7 Å². The van der Waals surface area contributed by atoms with E-state index in [-0.39, 0.29) is 17.2 Å². The molecule has 0 heterocycles. The van der Waals surface area contributed by atoms with Crippen LogP contribution >= 0.6 is 11.8 Å². The lowest BCUT2D eigenvalue weighted by Crippen LogP contribution is -2.21. The van der Waals surface area contributed by atoms with Gasteiger partial charge in [-0.1, -0.05) is 36.4 Å². The van der Waals surface area contributed by atoms with Crippen molar-refractivity contribution in [3.8, 4) is 11.5 Å². The molecule has 0 atom stereocenters. The van der Waals surface area contributed by atoms with Crippen LogP contribution in [-0.4, -0.2) is 44.4 Å². The monoisotopic (exact) mass is 480 g/mol. The highest BCUT2D eigenvalue weighted by Gasteiger charge is 2.17. The molecule has 0 aliphatic carbocycles. The van der Waals surface area contributed by atoms with Gasteiger partial charge < -0.3 is 24.8 Å². The Morgan fingerprint density at radius 3 is 1.88 bits per heavy atom. The van der Waals surface area contributed by atoms with Gasteiger partial charge >= 0.3 is 5.97 Å². The van der Waals surface area contributed by atoms with Crippen molar-refractivity contribution in [2.24, 2.45) is 0 Å². The third-order valence-corrected chi connectivity index (χ3v) is 5.64. The van der Waals surface area contributed by atoms with E-state index in [9.17, 15) is 14.4 Å². The number of carbonyl (C=O) groups is 3. The summed E-state index contributed by atoms with van der Waals surface area (Å²) in [6.07, 6.45) is 0. The molecular formula is C25H24N2O6S. The molecule has 176 valence electrons. The van der Waals surface area contributed by atoms with Gasteiger partial charge in [-0.3, -0.25) is 9.59 Å². The van der Waals surface area contributed by atoms with Crippen LogP contribution < -0.4 is 20.1 Å². The van der Waals surface area contributed by atoms with Gasteiger partial charge in [-0.15, -0.1) is 11.8 Å². The average molecular weight is 481 g/mol. The Kier molecular flexibility index (Phi) is 8.93. The zero-order valence-corrected chi connectivity index (χ0v) is 19.5. The summed E-state index contributed by atoms with van der Waals surface area (Å²) in [4.78, 5) is 37.8. The first kappa shape index (κ1) is 24.7. The van der Waals surface area contributed by atoms with Gasteiger partial charge in [-0.2, -0.15) is 0 Å². The Morgan fingerprint density at radius 2 is 1.26 bits per heavy atom. The molecule has 0 bridgehead atoms. The molecule has 2 N–H and O–H groups in total. The molecule has 2 amide bonds. The van der Waals surface area contributed by atoms with Crippen molar-refractivity contribution < 1.29 is 28.6 Å². The van der Waals surface area contributed by atoms with Crippen LogP contribution in [0.5, 0.6) is 11.5 Å². The molecule has 0 aliphatic rings.